The SMILES string of the molecule is C/C=C/NC(C)=O. The van der Waals surface area contributed by atoms with Gasteiger partial charge in [0, 0.05) is 6.92 Å². The Morgan fingerprint density at radius 3 is 2.43 bits per heavy atom. The van der Waals surface area contributed by atoms with E-state index in [9.17, 15) is 4.79 Å². The molecular formula is C5H9NO. The third kappa shape index (κ3) is 5.21. The van der Waals surface area contributed by atoms with Crippen molar-refractivity contribution in [2.24, 2.45) is 0 Å². The number of carbonyl (C=O) groups is 1. The quantitative estimate of drug-likeness (QED) is 0.514. The molecule has 0 bridgehead atoms. The summed E-state index contributed by atoms with van der Waals surface area (Å²) in [5, 5.41) is 2.48. The second-order valence-corrected chi connectivity index (χ2v) is 1.20. The van der Waals surface area contributed by atoms with Gasteiger partial charge in [-0.3, -0.25) is 4.79 Å². The van der Waals surface area contributed by atoms with E-state index in [1.165, 1.54) is 6.92 Å². The van der Waals surface area contributed by atoms with E-state index in [2.05, 4.69) is 5.32 Å². The molecule has 0 aromatic heterocycles. The van der Waals surface area contributed by atoms with Crippen LogP contribution in [0.15, 0.2) is 12.3 Å². The zero-order chi connectivity index (χ0) is 5.70. The van der Waals surface area contributed by atoms with Gasteiger partial charge in [0.15, 0.2) is 0 Å². The maximum absolute atomic E-state index is 10.0. The average molecular weight is 99.1 g/mol. The Labute approximate surface area is 43.2 Å². The van der Waals surface area contributed by atoms with Crippen molar-refractivity contribution >= 4 is 5.91 Å². The minimum Gasteiger partial charge on any atom is -0.333 e. The van der Waals surface area contributed by atoms with Gasteiger partial charge >= 0.3 is 0 Å². The van der Waals surface area contributed by atoms with Gasteiger partial charge in [0.1, 0.15) is 0 Å². The van der Waals surface area contributed by atoms with Crippen LogP contribution in [0.25, 0.3) is 0 Å². The van der Waals surface area contributed by atoms with Gasteiger partial charge in [-0.05, 0) is 13.1 Å². The summed E-state index contributed by atoms with van der Waals surface area (Å²) in [5.41, 5.74) is 0. The second kappa shape index (κ2) is 3.40. The van der Waals surface area contributed by atoms with Gasteiger partial charge in [0.2, 0.25) is 5.91 Å². The van der Waals surface area contributed by atoms with Crippen molar-refractivity contribution in [3.8, 4) is 0 Å². The first-order chi connectivity index (χ1) is 3.27. The van der Waals surface area contributed by atoms with Crippen LogP contribution < -0.4 is 5.32 Å². The molecule has 0 aliphatic carbocycles. The molecule has 0 aromatic carbocycles. The highest BCUT2D eigenvalue weighted by Gasteiger charge is 1.77. The van der Waals surface area contributed by atoms with Crippen molar-refractivity contribution in [3.05, 3.63) is 12.3 Å². The lowest BCUT2D eigenvalue weighted by molar-refractivity contribution is -0.118. The van der Waals surface area contributed by atoms with Crippen molar-refractivity contribution in [2.75, 3.05) is 0 Å². The van der Waals surface area contributed by atoms with E-state index < -0.39 is 0 Å². The molecule has 1 N–H and O–H groups in total. The second-order valence-electron chi connectivity index (χ2n) is 1.20. The van der Waals surface area contributed by atoms with Gasteiger partial charge in [-0.15, -0.1) is 0 Å². The molecule has 40 valence electrons. The van der Waals surface area contributed by atoms with Crippen molar-refractivity contribution in [2.45, 2.75) is 13.8 Å². The van der Waals surface area contributed by atoms with Gasteiger partial charge in [-0.25, -0.2) is 0 Å². The minimum absolute atomic E-state index is 0.0295. The number of amides is 1. The average Bonchev–Trinajstić information content (AvgIpc) is 1.61. The van der Waals surface area contributed by atoms with Crippen LogP contribution in [0.3, 0.4) is 0 Å². The van der Waals surface area contributed by atoms with Crippen LogP contribution in [0, 0.1) is 0 Å². The van der Waals surface area contributed by atoms with E-state index in [1.54, 1.807) is 12.3 Å². The summed E-state index contributed by atoms with van der Waals surface area (Å²) in [6.07, 6.45) is 3.36. The fourth-order valence-electron chi connectivity index (χ4n) is 0.201. The number of hydrogen-bond donors (Lipinski definition) is 1. The molecular weight excluding hydrogens is 90.1 g/mol. The summed E-state index contributed by atoms with van der Waals surface area (Å²) < 4.78 is 0. The molecule has 0 rings (SSSR count). The first kappa shape index (κ1) is 6.21. The van der Waals surface area contributed by atoms with Crippen LogP contribution in [0.4, 0.5) is 0 Å². The molecule has 0 atom stereocenters. The topological polar surface area (TPSA) is 29.1 Å². The Hall–Kier alpha value is -0.790. The Balaban J connectivity index is 3.14. The lowest BCUT2D eigenvalue weighted by Gasteiger charge is -1.85. The van der Waals surface area contributed by atoms with Crippen LogP contribution in [-0.4, -0.2) is 5.91 Å². The van der Waals surface area contributed by atoms with Crippen molar-refractivity contribution < 1.29 is 4.79 Å². The Morgan fingerprint density at radius 2 is 2.29 bits per heavy atom. The van der Waals surface area contributed by atoms with E-state index in [0.29, 0.717) is 0 Å². The Morgan fingerprint density at radius 1 is 1.71 bits per heavy atom. The number of rotatable bonds is 1. The van der Waals surface area contributed by atoms with E-state index >= 15 is 0 Å². The molecule has 2 heteroatoms. The standard InChI is InChI=1S/C5H9NO/c1-3-4-6-5(2)7/h3-4H,1-2H3,(H,6,7)/b4-3+. The van der Waals surface area contributed by atoms with Crippen molar-refractivity contribution in [3.63, 3.8) is 0 Å². The molecule has 0 saturated carbocycles. The molecule has 1 amide bonds. The number of carbonyl (C=O) groups excluding carboxylic acids is 1. The fraction of sp³-hybridized carbons (Fsp3) is 0.400. The van der Waals surface area contributed by atoms with Crippen LogP contribution in [0.2, 0.25) is 0 Å². The lowest BCUT2D eigenvalue weighted by Crippen LogP contribution is -2.10. The van der Waals surface area contributed by atoms with E-state index in [1.807, 2.05) is 6.92 Å². The molecule has 0 radical (unpaired) electrons. The summed E-state index contributed by atoms with van der Waals surface area (Å²) in [5.74, 6) is -0.0295. The molecule has 0 heterocycles. The smallest absolute Gasteiger partial charge is 0.220 e. The van der Waals surface area contributed by atoms with Gasteiger partial charge in [0.25, 0.3) is 0 Å². The summed E-state index contributed by atoms with van der Waals surface area (Å²) in [6, 6.07) is 0. The number of allylic oxidation sites excluding steroid dienone is 1. The van der Waals surface area contributed by atoms with Gasteiger partial charge in [-0.2, -0.15) is 0 Å². The first-order valence-electron chi connectivity index (χ1n) is 2.15. The summed E-state index contributed by atoms with van der Waals surface area (Å²) in [6.45, 7) is 3.32. The fourth-order valence-corrected chi connectivity index (χ4v) is 0.201. The number of nitrogens with one attached hydrogen (secondary N) is 1. The van der Waals surface area contributed by atoms with E-state index in [-0.39, 0.29) is 5.91 Å². The van der Waals surface area contributed by atoms with Crippen molar-refractivity contribution in [1.82, 2.24) is 5.32 Å². The van der Waals surface area contributed by atoms with Crippen LogP contribution in [0.1, 0.15) is 13.8 Å². The van der Waals surface area contributed by atoms with Gasteiger partial charge < -0.3 is 5.32 Å². The maximum Gasteiger partial charge on any atom is 0.220 e. The zero-order valence-corrected chi connectivity index (χ0v) is 4.56. The predicted octanol–water partition coefficient (Wildman–Crippen LogP) is 0.656. The van der Waals surface area contributed by atoms with E-state index in [4.69, 9.17) is 0 Å². The normalized spacial score (nSPS) is 9.43. The zero-order valence-electron chi connectivity index (χ0n) is 4.56. The largest absolute Gasteiger partial charge is 0.333 e. The highest BCUT2D eigenvalue weighted by molar-refractivity contribution is 5.73. The number of hydrogen-bond acceptors (Lipinski definition) is 1. The molecule has 0 saturated heterocycles. The van der Waals surface area contributed by atoms with Crippen LogP contribution in [-0.2, 0) is 4.79 Å². The van der Waals surface area contributed by atoms with Gasteiger partial charge in [-0.1, -0.05) is 6.08 Å². The van der Waals surface area contributed by atoms with E-state index in [0.717, 1.165) is 0 Å². The summed E-state index contributed by atoms with van der Waals surface area (Å²) >= 11 is 0. The molecule has 0 unspecified atom stereocenters. The molecule has 2 nitrogen and oxygen atoms in total. The van der Waals surface area contributed by atoms with Crippen molar-refractivity contribution in [1.29, 1.82) is 0 Å². The first-order valence-corrected chi connectivity index (χ1v) is 2.15. The predicted molar refractivity (Wildman–Crippen MR) is 28.6 cm³/mol. The lowest BCUT2D eigenvalue weighted by atomic mass is 10.6. The Kier molecular flexibility index (Phi) is 3.02. The molecule has 0 fully saturated rings. The highest BCUT2D eigenvalue weighted by Crippen LogP contribution is 1.61. The van der Waals surface area contributed by atoms with Crippen LogP contribution >= 0.6 is 0 Å². The highest BCUT2D eigenvalue weighted by atomic mass is 16.1. The molecule has 0 spiro atoms. The molecule has 0 aliphatic rings. The summed E-state index contributed by atoms with van der Waals surface area (Å²) in [4.78, 5) is 10.0. The van der Waals surface area contributed by atoms with Crippen LogP contribution in [0.5, 0.6) is 0 Å². The molecule has 0 aromatic rings. The summed E-state index contributed by atoms with van der Waals surface area (Å²) in [7, 11) is 0. The Bertz CT molecular complexity index is 86.1. The monoisotopic (exact) mass is 99.1 g/mol. The third-order valence-electron chi connectivity index (χ3n) is 0.453. The molecule has 7 heavy (non-hydrogen) atoms. The molecule has 0 aliphatic heterocycles. The third-order valence-corrected chi connectivity index (χ3v) is 0.453. The maximum atomic E-state index is 10.0. The van der Waals surface area contributed by atoms with Gasteiger partial charge in [0.05, 0.1) is 0 Å². The minimum atomic E-state index is -0.0295.